The number of nitrogens with zero attached hydrogens (tertiary/aromatic N) is 7. The van der Waals surface area contributed by atoms with Crippen molar-refractivity contribution in [1.29, 1.82) is 15.8 Å². The molecule has 3 aromatic rings. The minimum Gasteiger partial charge on any atom is -0.345 e. The Morgan fingerprint density at radius 2 is 1.83 bits per heavy atom. The van der Waals surface area contributed by atoms with Crippen LogP contribution in [0.2, 0.25) is 0 Å². The molecule has 8 nitrogen and oxygen atoms in total. The lowest BCUT2D eigenvalue weighted by atomic mass is 10.2. The molecule has 0 atom stereocenters. The van der Waals surface area contributed by atoms with Crippen molar-refractivity contribution in [3.05, 3.63) is 41.9 Å². The van der Waals surface area contributed by atoms with Crippen LogP contribution in [0.5, 0.6) is 0 Å². The van der Waals surface area contributed by atoms with E-state index in [-0.39, 0.29) is 11.3 Å². The van der Waals surface area contributed by atoms with Gasteiger partial charge in [0.1, 0.15) is 35.2 Å². The van der Waals surface area contributed by atoms with Gasteiger partial charge in [-0.1, -0.05) is 11.3 Å². The standard InChI is InChI=1S/C14H6N8S/c15-5-10(6-16)12(7-17)19-11-3-1-9(2-4-11)13-21-22-8-18-20-14(22)23-13/h1-4,8,19H. The quantitative estimate of drug-likeness (QED) is 0.732. The van der Waals surface area contributed by atoms with E-state index in [1.807, 2.05) is 18.2 Å². The minimum absolute atomic E-state index is 0.0819. The maximum atomic E-state index is 9.01. The highest BCUT2D eigenvalue weighted by molar-refractivity contribution is 7.19. The Balaban J connectivity index is 1.87. The molecule has 0 fully saturated rings. The van der Waals surface area contributed by atoms with Gasteiger partial charge in [-0.3, -0.25) is 0 Å². The van der Waals surface area contributed by atoms with Crippen LogP contribution in [0.1, 0.15) is 0 Å². The van der Waals surface area contributed by atoms with Crippen molar-refractivity contribution in [2.45, 2.75) is 0 Å². The third kappa shape index (κ3) is 2.70. The Morgan fingerprint density at radius 3 is 2.43 bits per heavy atom. The highest BCUT2D eigenvalue weighted by Gasteiger charge is 2.09. The Bertz CT molecular complexity index is 975. The summed E-state index contributed by atoms with van der Waals surface area (Å²) in [7, 11) is 0. The van der Waals surface area contributed by atoms with Crippen molar-refractivity contribution in [1.82, 2.24) is 19.8 Å². The van der Waals surface area contributed by atoms with E-state index in [1.54, 1.807) is 28.8 Å². The normalized spacial score (nSPS) is 9.61. The van der Waals surface area contributed by atoms with Gasteiger partial charge < -0.3 is 5.32 Å². The van der Waals surface area contributed by atoms with Crippen molar-refractivity contribution in [3.8, 4) is 28.8 Å². The maximum Gasteiger partial charge on any atom is 0.234 e. The minimum atomic E-state index is -0.259. The number of aromatic nitrogens is 4. The van der Waals surface area contributed by atoms with Gasteiger partial charge in [-0.2, -0.15) is 25.4 Å². The van der Waals surface area contributed by atoms with Gasteiger partial charge in [0.15, 0.2) is 5.57 Å². The van der Waals surface area contributed by atoms with E-state index in [1.165, 1.54) is 17.7 Å². The first kappa shape index (κ1) is 14.2. The lowest BCUT2D eigenvalue weighted by molar-refractivity contribution is 0.960. The highest BCUT2D eigenvalue weighted by atomic mass is 32.1. The fourth-order valence-electron chi connectivity index (χ4n) is 1.80. The van der Waals surface area contributed by atoms with E-state index in [0.29, 0.717) is 10.6 Å². The third-order valence-electron chi connectivity index (χ3n) is 2.87. The molecule has 2 aromatic heterocycles. The van der Waals surface area contributed by atoms with E-state index in [4.69, 9.17) is 15.8 Å². The molecule has 0 unspecified atom stereocenters. The Hall–Kier alpha value is -3.74. The molecule has 0 spiro atoms. The zero-order valence-electron chi connectivity index (χ0n) is 11.4. The molecule has 23 heavy (non-hydrogen) atoms. The molecule has 0 aliphatic rings. The van der Waals surface area contributed by atoms with Gasteiger partial charge in [0.25, 0.3) is 0 Å². The second kappa shape index (κ2) is 5.94. The summed E-state index contributed by atoms with van der Waals surface area (Å²) in [6.45, 7) is 0. The number of allylic oxidation sites excluding steroid dienone is 2. The molecule has 3 rings (SSSR count). The molecule has 2 heterocycles. The Labute approximate surface area is 134 Å². The summed E-state index contributed by atoms with van der Waals surface area (Å²) < 4.78 is 1.59. The molecular formula is C14H6N8S. The second-order valence-electron chi connectivity index (χ2n) is 4.25. The summed E-state index contributed by atoms with van der Waals surface area (Å²) in [5.41, 5.74) is 1.14. The number of anilines is 1. The summed E-state index contributed by atoms with van der Waals surface area (Å²) in [5.74, 6) is 0. The number of rotatable bonds is 3. The van der Waals surface area contributed by atoms with Crippen LogP contribution in [0.3, 0.4) is 0 Å². The molecule has 0 radical (unpaired) electrons. The number of hydrogen-bond donors (Lipinski definition) is 1. The molecule has 1 aromatic carbocycles. The highest BCUT2D eigenvalue weighted by Crippen LogP contribution is 2.26. The van der Waals surface area contributed by atoms with E-state index in [0.717, 1.165) is 10.6 Å². The third-order valence-corrected chi connectivity index (χ3v) is 3.84. The summed E-state index contributed by atoms with van der Waals surface area (Å²) in [5, 5.41) is 42.2. The largest absolute Gasteiger partial charge is 0.345 e. The maximum absolute atomic E-state index is 9.01. The predicted molar refractivity (Wildman–Crippen MR) is 81.6 cm³/mol. The first-order valence-corrected chi connectivity index (χ1v) is 7.05. The van der Waals surface area contributed by atoms with Gasteiger partial charge in [-0.05, 0) is 24.3 Å². The molecule has 0 aliphatic carbocycles. The summed E-state index contributed by atoms with van der Waals surface area (Å²) >= 11 is 1.40. The van der Waals surface area contributed by atoms with E-state index < -0.39 is 0 Å². The van der Waals surface area contributed by atoms with Crippen molar-refractivity contribution in [2.75, 3.05) is 5.32 Å². The second-order valence-corrected chi connectivity index (χ2v) is 5.21. The molecule has 1 N–H and O–H groups in total. The molecular weight excluding hydrogens is 312 g/mol. The van der Waals surface area contributed by atoms with Gasteiger partial charge in [-0.25, -0.2) is 0 Å². The zero-order chi connectivity index (χ0) is 16.2. The molecule has 0 bridgehead atoms. The van der Waals surface area contributed by atoms with Gasteiger partial charge >= 0.3 is 0 Å². The monoisotopic (exact) mass is 318 g/mol. The first-order chi connectivity index (χ1) is 11.2. The van der Waals surface area contributed by atoms with Gasteiger partial charge in [0.05, 0.1) is 0 Å². The van der Waals surface area contributed by atoms with Gasteiger partial charge in [-0.15, -0.1) is 10.2 Å². The van der Waals surface area contributed by atoms with Crippen molar-refractivity contribution in [2.24, 2.45) is 0 Å². The van der Waals surface area contributed by atoms with Crippen LogP contribution in [-0.4, -0.2) is 19.8 Å². The van der Waals surface area contributed by atoms with E-state index in [9.17, 15) is 0 Å². The molecule has 9 heteroatoms. The van der Waals surface area contributed by atoms with Crippen molar-refractivity contribution in [3.63, 3.8) is 0 Å². The molecule has 0 saturated heterocycles. The number of nitriles is 3. The molecule has 0 saturated carbocycles. The lowest BCUT2D eigenvalue weighted by Gasteiger charge is -2.05. The van der Waals surface area contributed by atoms with E-state index >= 15 is 0 Å². The van der Waals surface area contributed by atoms with E-state index in [2.05, 4.69) is 20.6 Å². The summed E-state index contributed by atoms with van der Waals surface area (Å²) in [6, 6.07) is 12.3. The predicted octanol–water partition coefficient (Wildman–Crippen LogP) is 2.09. The number of hydrogen-bond acceptors (Lipinski definition) is 8. The molecule has 108 valence electrons. The van der Waals surface area contributed by atoms with Crippen LogP contribution in [0.15, 0.2) is 41.9 Å². The van der Waals surface area contributed by atoms with Crippen molar-refractivity contribution < 1.29 is 0 Å². The number of fused-ring (bicyclic) bond motifs is 1. The SMILES string of the molecule is N#CC(C#N)=C(C#N)Nc1ccc(-c2nn3cnnc3s2)cc1. The zero-order valence-corrected chi connectivity index (χ0v) is 12.2. The Morgan fingerprint density at radius 1 is 1.09 bits per heavy atom. The fraction of sp³-hybridized carbons (Fsp3) is 0. The van der Waals surface area contributed by atoms with Crippen molar-refractivity contribution >= 4 is 22.0 Å². The lowest BCUT2D eigenvalue weighted by Crippen LogP contribution is -2.00. The Kier molecular flexibility index (Phi) is 3.67. The average Bonchev–Trinajstić information content (AvgIpc) is 3.17. The number of benzene rings is 1. The topological polar surface area (TPSA) is 126 Å². The number of nitrogens with one attached hydrogen (secondary N) is 1. The van der Waals surface area contributed by atoms with Crippen LogP contribution >= 0.6 is 11.3 Å². The average molecular weight is 318 g/mol. The van der Waals surface area contributed by atoms with Crippen LogP contribution in [0.4, 0.5) is 5.69 Å². The summed E-state index contributed by atoms with van der Waals surface area (Å²) in [6.07, 6.45) is 1.53. The first-order valence-electron chi connectivity index (χ1n) is 6.24. The summed E-state index contributed by atoms with van der Waals surface area (Å²) in [4.78, 5) is 0.699. The fourth-order valence-corrected chi connectivity index (χ4v) is 2.63. The van der Waals surface area contributed by atoms with Crippen LogP contribution in [0.25, 0.3) is 15.5 Å². The van der Waals surface area contributed by atoms with Crippen LogP contribution < -0.4 is 5.32 Å². The van der Waals surface area contributed by atoms with Crippen LogP contribution in [0, 0.1) is 34.0 Å². The van der Waals surface area contributed by atoms with Gasteiger partial charge in [0, 0.05) is 11.3 Å². The smallest absolute Gasteiger partial charge is 0.234 e. The van der Waals surface area contributed by atoms with Crippen LogP contribution in [-0.2, 0) is 0 Å². The van der Waals surface area contributed by atoms with Gasteiger partial charge in [0.2, 0.25) is 4.96 Å². The molecule has 0 amide bonds. The molecule has 0 aliphatic heterocycles.